The Morgan fingerprint density at radius 2 is 1.45 bits per heavy atom. The molecular formula is C25H36N6O5S2. The van der Waals surface area contributed by atoms with E-state index < -0.39 is 47.9 Å². The van der Waals surface area contributed by atoms with Crippen LogP contribution < -0.4 is 21.7 Å². The first-order valence-corrected chi connectivity index (χ1v) is 14.9. The fraction of sp³-hybridized carbons (Fsp3) is 0.480. The molecule has 0 aliphatic carbocycles. The molecule has 0 fully saturated rings. The minimum absolute atomic E-state index is 0.103. The van der Waals surface area contributed by atoms with Crippen LogP contribution in [0.25, 0.3) is 0 Å². The lowest BCUT2D eigenvalue weighted by Gasteiger charge is -2.25. The fourth-order valence-electron chi connectivity index (χ4n) is 3.61. The van der Waals surface area contributed by atoms with Crippen LogP contribution in [0.2, 0.25) is 0 Å². The van der Waals surface area contributed by atoms with Gasteiger partial charge < -0.3 is 31.8 Å². The molecule has 0 saturated heterocycles. The summed E-state index contributed by atoms with van der Waals surface area (Å²) in [5.41, 5.74) is 7.48. The van der Waals surface area contributed by atoms with Gasteiger partial charge in [-0.2, -0.15) is 23.5 Å². The van der Waals surface area contributed by atoms with Crippen LogP contribution in [0.3, 0.4) is 0 Å². The average Bonchev–Trinajstić information content (AvgIpc) is 3.41. The quantitative estimate of drug-likeness (QED) is 0.160. The van der Waals surface area contributed by atoms with E-state index in [-0.39, 0.29) is 12.8 Å². The number of benzene rings is 1. The molecule has 0 spiro atoms. The van der Waals surface area contributed by atoms with Crippen LogP contribution in [0.5, 0.6) is 0 Å². The van der Waals surface area contributed by atoms with Crippen LogP contribution in [0.1, 0.15) is 24.1 Å². The Balaban J connectivity index is 2.08. The van der Waals surface area contributed by atoms with Crippen LogP contribution in [-0.4, -0.2) is 86.9 Å². The second-order valence-corrected chi connectivity index (χ2v) is 10.6. The smallest absolute Gasteiger partial charge is 0.326 e. The largest absolute Gasteiger partial charge is 0.480 e. The summed E-state index contributed by atoms with van der Waals surface area (Å²) in [5, 5.41) is 17.7. The second kappa shape index (κ2) is 16.7. The van der Waals surface area contributed by atoms with E-state index in [0.29, 0.717) is 30.0 Å². The number of aromatic amines is 1. The molecule has 11 nitrogen and oxygen atoms in total. The summed E-state index contributed by atoms with van der Waals surface area (Å²) < 4.78 is 0. The topological polar surface area (TPSA) is 179 Å². The third-order valence-electron chi connectivity index (χ3n) is 5.72. The molecule has 2 aromatic rings. The molecule has 7 N–H and O–H groups in total. The lowest BCUT2D eigenvalue weighted by molar-refractivity contribution is -0.142. The van der Waals surface area contributed by atoms with Crippen molar-refractivity contribution < 1.29 is 24.3 Å². The van der Waals surface area contributed by atoms with Gasteiger partial charge in [0.15, 0.2) is 0 Å². The fourth-order valence-corrected chi connectivity index (χ4v) is 4.55. The van der Waals surface area contributed by atoms with Gasteiger partial charge in [-0.15, -0.1) is 0 Å². The molecule has 0 radical (unpaired) electrons. The maximum atomic E-state index is 13.2. The highest BCUT2D eigenvalue weighted by molar-refractivity contribution is 7.98. The van der Waals surface area contributed by atoms with E-state index in [1.165, 1.54) is 29.9 Å². The number of thioether (sulfide) groups is 2. The number of nitrogens with two attached hydrogens (primary N) is 1. The molecule has 0 bridgehead atoms. The van der Waals surface area contributed by atoms with Crippen molar-refractivity contribution in [2.24, 2.45) is 5.73 Å². The average molecular weight is 565 g/mol. The zero-order valence-electron chi connectivity index (χ0n) is 21.5. The van der Waals surface area contributed by atoms with Gasteiger partial charge in [0.25, 0.3) is 0 Å². The van der Waals surface area contributed by atoms with Gasteiger partial charge in [0, 0.05) is 24.7 Å². The SMILES string of the molecule is CSCCC(NC(=O)C(N)Cc1cnc[nH]1)C(=O)NC(CCSC)C(=O)NC(Cc1ccccc1)C(=O)O. The van der Waals surface area contributed by atoms with Gasteiger partial charge in [0.2, 0.25) is 17.7 Å². The molecule has 3 amide bonds. The van der Waals surface area contributed by atoms with Gasteiger partial charge in [-0.25, -0.2) is 9.78 Å². The molecule has 208 valence electrons. The predicted molar refractivity (Wildman–Crippen MR) is 150 cm³/mol. The minimum Gasteiger partial charge on any atom is -0.480 e. The Morgan fingerprint density at radius 1 is 0.895 bits per heavy atom. The normalized spacial score (nSPS) is 14.1. The molecule has 0 aliphatic heterocycles. The Kier molecular flexibility index (Phi) is 13.7. The van der Waals surface area contributed by atoms with Gasteiger partial charge in [-0.1, -0.05) is 30.3 Å². The summed E-state index contributed by atoms with van der Waals surface area (Å²) >= 11 is 3.01. The summed E-state index contributed by atoms with van der Waals surface area (Å²) in [5.74, 6) is -1.65. The maximum absolute atomic E-state index is 13.2. The van der Waals surface area contributed by atoms with Crippen LogP contribution >= 0.6 is 23.5 Å². The number of hydrogen-bond acceptors (Lipinski definition) is 8. The number of carboxylic acid groups (broad SMARTS) is 1. The van der Waals surface area contributed by atoms with Crippen molar-refractivity contribution in [1.29, 1.82) is 0 Å². The van der Waals surface area contributed by atoms with Crippen molar-refractivity contribution in [3.05, 3.63) is 54.1 Å². The van der Waals surface area contributed by atoms with E-state index in [4.69, 9.17) is 5.73 Å². The Hall–Kier alpha value is -3.03. The Bertz CT molecular complexity index is 1020. The van der Waals surface area contributed by atoms with Crippen molar-refractivity contribution in [2.75, 3.05) is 24.0 Å². The standard InChI is InChI=1S/C25H36N6O5S2/c1-37-10-8-19(29-22(32)18(26)13-17-14-27-15-28-17)23(33)30-20(9-11-38-2)24(34)31-21(25(35)36)12-16-6-4-3-5-7-16/h3-7,14-15,18-21H,8-13,26H2,1-2H3,(H,27,28)(H,29,32)(H,30,33)(H,31,34)(H,35,36). The number of carbonyl (C=O) groups is 4. The highest BCUT2D eigenvalue weighted by Crippen LogP contribution is 2.08. The molecule has 4 unspecified atom stereocenters. The van der Waals surface area contributed by atoms with E-state index >= 15 is 0 Å². The Morgan fingerprint density at radius 3 is 1.95 bits per heavy atom. The van der Waals surface area contributed by atoms with Crippen LogP contribution in [-0.2, 0) is 32.0 Å². The van der Waals surface area contributed by atoms with Gasteiger partial charge in [-0.05, 0) is 42.4 Å². The summed E-state index contributed by atoms with van der Waals surface area (Å²) in [4.78, 5) is 57.7. The highest BCUT2D eigenvalue weighted by Gasteiger charge is 2.30. The molecule has 1 heterocycles. The summed E-state index contributed by atoms with van der Waals surface area (Å²) in [7, 11) is 0. The lowest BCUT2D eigenvalue weighted by atomic mass is 10.0. The first-order valence-electron chi connectivity index (χ1n) is 12.1. The number of carbonyl (C=O) groups excluding carboxylic acids is 3. The predicted octanol–water partition coefficient (Wildman–Crippen LogP) is 0.567. The number of H-pyrrole nitrogens is 1. The van der Waals surface area contributed by atoms with Gasteiger partial charge in [0.05, 0.1) is 12.4 Å². The molecule has 0 aliphatic rings. The molecule has 38 heavy (non-hydrogen) atoms. The summed E-state index contributed by atoms with van der Waals surface area (Å²) in [6.45, 7) is 0. The lowest BCUT2D eigenvalue weighted by Crippen LogP contribution is -2.57. The number of nitrogens with one attached hydrogen (secondary N) is 4. The van der Waals surface area contributed by atoms with Crippen molar-refractivity contribution in [3.63, 3.8) is 0 Å². The zero-order chi connectivity index (χ0) is 27.9. The number of amides is 3. The first-order chi connectivity index (χ1) is 18.2. The van der Waals surface area contributed by atoms with Gasteiger partial charge in [0.1, 0.15) is 18.1 Å². The van der Waals surface area contributed by atoms with Crippen LogP contribution in [0.4, 0.5) is 0 Å². The minimum atomic E-state index is -1.17. The van der Waals surface area contributed by atoms with Crippen LogP contribution in [0, 0.1) is 0 Å². The Labute approximate surface area is 230 Å². The third-order valence-corrected chi connectivity index (χ3v) is 7.00. The molecule has 13 heteroatoms. The summed E-state index contributed by atoms with van der Waals surface area (Å²) in [6, 6.07) is 5.03. The number of imidazole rings is 1. The zero-order valence-corrected chi connectivity index (χ0v) is 23.1. The number of aromatic nitrogens is 2. The number of rotatable bonds is 17. The van der Waals surface area contributed by atoms with E-state index in [0.717, 1.165) is 5.56 Å². The first kappa shape index (κ1) is 31.2. The van der Waals surface area contributed by atoms with Gasteiger partial charge >= 0.3 is 5.97 Å². The molecular weight excluding hydrogens is 528 g/mol. The van der Waals surface area contributed by atoms with E-state index in [9.17, 15) is 24.3 Å². The summed E-state index contributed by atoms with van der Waals surface area (Å²) in [6.07, 6.45) is 7.76. The number of carboxylic acids is 1. The van der Waals surface area contributed by atoms with E-state index in [2.05, 4.69) is 25.9 Å². The van der Waals surface area contributed by atoms with Crippen molar-refractivity contribution in [1.82, 2.24) is 25.9 Å². The van der Waals surface area contributed by atoms with E-state index in [1.54, 1.807) is 30.5 Å². The number of hydrogen-bond donors (Lipinski definition) is 6. The molecule has 1 aromatic carbocycles. The monoisotopic (exact) mass is 564 g/mol. The number of aliphatic carboxylic acids is 1. The van der Waals surface area contributed by atoms with Gasteiger partial charge in [-0.3, -0.25) is 14.4 Å². The molecule has 1 aromatic heterocycles. The maximum Gasteiger partial charge on any atom is 0.326 e. The van der Waals surface area contributed by atoms with Crippen LogP contribution in [0.15, 0.2) is 42.9 Å². The second-order valence-electron chi connectivity index (χ2n) is 8.66. The molecule has 4 atom stereocenters. The van der Waals surface area contributed by atoms with Crippen molar-refractivity contribution in [2.45, 2.75) is 49.9 Å². The third kappa shape index (κ3) is 10.8. The van der Waals surface area contributed by atoms with E-state index in [1.807, 2.05) is 18.6 Å². The van der Waals surface area contributed by atoms with Crippen molar-refractivity contribution >= 4 is 47.2 Å². The highest BCUT2D eigenvalue weighted by atomic mass is 32.2. The molecule has 2 rings (SSSR count). The number of nitrogens with zero attached hydrogens (tertiary/aromatic N) is 1. The molecule has 0 saturated carbocycles. The van der Waals surface area contributed by atoms with Crippen molar-refractivity contribution in [3.8, 4) is 0 Å².